The fourth-order valence-corrected chi connectivity index (χ4v) is 3.25. The molecule has 1 saturated heterocycles. The lowest BCUT2D eigenvalue weighted by Crippen LogP contribution is -2.18. The summed E-state index contributed by atoms with van der Waals surface area (Å²) in [5, 5.41) is 22.6. The number of nitrogens with one attached hydrogen (secondary N) is 1. The number of hydrogen-bond acceptors (Lipinski definition) is 7. The number of nitro groups is 1. The van der Waals surface area contributed by atoms with Crippen molar-refractivity contribution in [2.45, 2.75) is 19.8 Å². The maximum absolute atomic E-state index is 11.7. The first-order chi connectivity index (χ1) is 12.1. The number of nitro benzene ring substituents is 1. The summed E-state index contributed by atoms with van der Waals surface area (Å²) in [5.41, 5.74) is 3.50. The van der Waals surface area contributed by atoms with Crippen LogP contribution >= 0.6 is 0 Å². The molecule has 8 nitrogen and oxygen atoms in total. The van der Waals surface area contributed by atoms with E-state index < -0.39 is 4.92 Å². The lowest BCUT2D eigenvalue weighted by atomic mass is 10.1. The Morgan fingerprint density at radius 1 is 1.16 bits per heavy atom. The van der Waals surface area contributed by atoms with Gasteiger partial charge in [0.25, 0.3) is 0 Å². The Kier molecular flexibility index (Phi) is 3.72. The van der Waals surface area contributed by atoms with Crippen molar-refractivity contribution in [2.75, 3.05) is 23.3 Å². The van der Waals surface area contributed by atoms with Gasteiger partial charge in [0.1, 0.15) is 5.69 Å². The van der Waals surface area contributed by atoms with Crippen molar-refractivity contribution in [3.8, 4) is 0 Å². The Balaban J connectivity index is 1.90. The van der Waals surface area contributed by atoms with E-state index in [2.05, 4.69) is 20.5 Å². The maximum atomic E-state index is 11.7. The van der Waals surface area contributed by atoms with Crippen LogP contribution in [0.1, 0.15) is 18.4 Å². The van der Waals surface area contributed by atoms with E-state index in [9.17, 15) is 10.1 Å². The Hall–Kier alpha value is -3.16. The molecule has 0 atom stereocenters. The Bertz CT molecular complexity index is 947. The predicted octanol–water partition coefficient (Wildman–Crippen LogP) is 3.78. The normalized spacial score (nSPS) is 14.2. The van der Waals surface area contributed by atoms with Crippen LogP contribution in [0.4, 0.5) is 22.7 Å². The van der Waals surface area contributed by atoms with Crippen molar-refractivity contribution in [1.82, 2.24) is 10.3 Å². The van der Waals surface area contributed by atoms with Gasteiger partial charge in [-0.3, -0.25) is 10.1 Å². The fraction of sp³-hybridized carbons (Fsp3) is 0.294. The van der Waals surface area contributed by atoms with E-state index in [1.54, 1.807) is 6.07 Å². The number of aromatic nitrogens is 2. The molecule has 0 spiro atoms. The van der Waals surface area contributed by atoms with Gasteiger partial charge in [-0.05, 0) is 47.8 Å². The van der Waals surface area contributed by atoms with E-state index in [-0.39, 0.29) is 11.2 Å². The zero-order valence-electron chi connectivity index (χ0n) is 13.7. The summed E-state index contributed by atoms with van der Waals surface area (Å²) in [6, 6.07) is 9.43. The fourth-order valence-electron chi connectivity index (χ4n) is 3.25. The number of anilines is 3. The first-order valence-corrected chi connectivity index (χ1v) is 8.16. The number of rotatable bonds is 4. The largest absolute Gasteiger partial charge is 0.370 e. The minimum atomic E-state index is -0.444. The summed E-state index contributed by atoms with van der Waals surface area (Å²) < 4.78 is 4.83. The third-order valence-electron chi connectivity index (χ3n) is 4.54. The van der Waals surface area contributed by atoms with Crippen LogP contribution in [0.3, 0.4) is 0 Å². The highest BCUT2D eigenvalue weighted by molar-refractivity contribution is 6.00. The van der Waals surface area contributed by atoms with Crippen LogP contribution in [-0.2, 0) is 0 Å². The third-order valence-corrected chi connectivity index (χ3v) is 4.54. The van der Waals surface area contributed by atoms with Gasteiger partial charge in [0.05, 0.1) is 10.6 Å². The molecule has 25 heavy (non-hydrogen) atoms. The number of para-hydroxylation sites is 1. The molecule has 1 aliphatic rings. The molecule has 2 aromatic carbocycles. The van der Waals surface area contributed by atoms with Crippen LogP contribution in [0.25, 0.3) is 11.0 Å². The molecule has 0 unspecified atom stereocenters. The Labute approximate surface area is 143 Å². The third kappa shape index (κ3) is 2.65. The van der Waals surface area contributed by atoms with Gasteiger partial charge < -0.3 is 10.2 Å². The zero-order chi connectivity index (χ0) is 17.4. The molecule has 0 radical (unpaired) electrons. The van der Waals surface area contributed by atoms with Crippen molar-refractivity contribution in [3.05, 3.63) is 46.0 Å². The minimum absolute atomic E-state index is 0.123. The molecule has 0 amide bonds. The molecule has 1 aliphatic heterocycles. The van der Waals surface area contributed by atoms with Gasteiger partial charge in [0.15, 0.2) is 5.52 Å². The van der Waals surface area contributed by atoms with Crippen molar-refractivity contribution in [3.63, 3.8) is 0 Å². The summed E-state index contributed by atoms with van der Waals surface area (Å²) in [4.78, 5) is 13.4. The van der Waals surface area contributed by atoms with Gasteiger partial charge in [-0.2, -0.15) is 0 Å². The summed E-state index contributed by atoms with van der Waals surface area (Å²) in [5.74, 6) is 0. The van der Waals surface area contributed by atoms with Gasteiger partial charge >= 0.3 is 5.69 Å². The number of aryl methyl sites for hydroxylation is 1. The van der Waals surface area contributed by atoms with Gasteiger partial charge in [-0.1, -0.05) is 18.2 Å². The predicted molar refractivity (Wildman–Crippen MR) is 94.4 cm³/mol. The molecule has 3 aromatic rings. The van der Waals surface area contributed by atoms with Crippen molar-refractivity contribution >= 4 is 33.8 Å². The monoisotopic (exact) mass is 339 g/mol. The van der Waals surface area contributed by atoms with E-state index in [0.29, 0.717) is 11.2 Å². The quantitative estimate of drug-likeness (QED) is 0.570. The Morgan fingerprint density at radius 2 is 1.88 bits per heavy atom. The van der Waals surface area contributed by atoms with Gasteiger partial charge in [-0.25, -0.2) is 4.63 Å². The second-order valence-corrected chi connectivity index (χ2v) is 6.14. The maximum Gasteiger partial charge on any atom is 0.324 e. The summed E-state index contributed by atoms with van der Waals surface area (Å²) in [6.45, 7) is 3.74. The molecule has 8 heteroatoms. The van der Waals surface area contributed by atoms with Crippen LogP contribution in [0, 0.1) is 17.0 Å². The van der Waals surface area contributed by atoms with Crippen LogP contribution in [0.15, 0.2) is 35.0 Å². The standard InChI is InChI=1S/C17H17N5O3/c1-11-6-2-3-7-12(11)18-13-10-14(21-8-4-5-9-21)15-16(20-25-19-15)17(13)22(23)24/h2-3,6-7,10,18H,4-5,8-9H2,1H3. The number of benzene rings is 2. The van der Waals surface area contributed by atoms with Gasteiger partial charge in [-0.15, -0.1) is 0 Å². The molecule has 0 aliphatic carbocycles. The molecule has 0 bridgehead atoms. The highest BCUT2D eigenvalue weighted by Gasteiger charge is 2.28. The highest BCUT2D eigenvalue weighted by Crippen LogP contribution is 2.40. The van der Waals surface area contributed by atoms with Crippen LogP contribution in [0.5, 0.6) is 0 Å². The average molecular weight is 339 g/mol. The van der Waals surface area contributed by atoms with E-state index >= 15 is 0 Å². The zero-order valence-corrected chi connectivity index (χ0v) is 13.7. The molecular weight excluding hydrogens is 322 g/mol. The molecule has 128 valence electrons. The van der Waals surface area contributed by atoms with Crippen LogP contribution < -0.4 is 10.2 Å². The summed E-state index contributed by atoms with van der Waals surface area (Å²) in [7, 11) is 0. The highest BCUT2D eigenvalue weighted by atomic mass is 16.6. The molecule has 0 saturated carbocycles. The van der Waals surface area contributed by atoms with E-state index in [0.717, 1.165) is 42.9 Å². The number of hydrogen-bond donors (Lipinski definition) is 1. The van der Waals surface area contributed by atoms with Crippen molar-refractivity contribution in [1.29, 1.82) is 0 Å². The van der Waals surface area contributed by atoms with E-state index in [4.69, 9.17) is 4.63 Å². The molecule has 2 heterocycles. The van der Waals surface area contributed by atoms with E-state index in [1.807, 2.05) is 31.2 Å². The molecular formula is C17H17N5O3. The van der Waals surface area contributed by atoms with Gasteiger partial charge in [0, 0.05) is 18.8 Å². The molecule has 4 rings (SSSR count). The number of nitrogens with zero attached hydrogens (tertiary/aromatic N) is 4. The first kappa shape index (κ1) is 15.4. The van der Waals surface area contributed by atoms with Crippen molar-refractivity contribution < 1.29 is 9.55 Å². The first-order valence-electron chi connectivity index (χ1n) is 8.16. The smallest absolute Gasteiger partial charge is 0.324 e. The summed E-state index contributed by atoms with van der Waals surface area (Å²) in [6.07, 6.45) is 2.18. The minimum Gasteiger partial charge on any atom is -0.370 e. The summed E-state index contributed by atoms with van der Waals surface area (Å²) >= 11 is 0. The molecule has 1 N–H and O–H groups in total. The molecule has 1 aromatic heterocycles. The molecule has 1 fully saturated rings. The second kappa shape index (κ2) is 6.04. The topological polar surface area (TPSA) is 97.3 Å². The lowest BCUT2D eigenvalue weighted by molar-refractivity contribution is -0.382. The van der Waals surface area contributed by atoms with Gasteiger partial charge in [0.2, 0.25) is 5.52 Å². The van der Waals surface area contributed by atoms with Crippen LogP contribution in [0.2, 0.25) is 0 Å². The number of fused-ring (bicyclic) bond motifs is 1. The van der Waals surface area contributed by atoms with E-state index in [1.165, 1.54) is 0 Å². The van der Waals surface area contributed by atoms with Crippen molar-refractivity contribution in [2.24, 2.45) is 0 Å². The average Bonchev–Trinajstić information content (AvgIpc) is 3.27. The van der Waals surface area contributed by atoms with Crippen LogP contribution in [-0.4, -0.2) is 28.3 Å². The second-order valence-electron chi connectivity index (χ2n) is 6.14. The SMILES string of the molecule is Cc1ccccc1Nc1cc(N2CCCC2)c2nonc2c1[N+](=O)[O-]. The Morgan fingerprint density at radius 3 is 2.60 bits per heavy atom. The lowest BCUT2D eigenvalue weighted by Gasteiger charge is -2.19.